The molecule has 0 aliphatic carbocycles. The predicted molar refractivity (Wildman–Crippen MR) is 28.0 cm³/mol. The summed E-state index contributed by atoms with van der Waals surface area (Å²) in [6, 6.07) is 0. The third-order valence-electron chi connectivity index (χ3n) is 0.729. The Bertz CT molecular complexity index is 20.4. The van der Waals surface area contributed by atoms with Gasteiger partial charge in [-0.2, -0.15) is 0 Å². The van der Waals surface area contributed by atoms with Gasteiger partial charge in [-0.3, -0.25) is 0 Å². The van der Waals surface area contributed by atoms with Gasteiger partial charge >= 0.3 is 51.4 Å². The zero-order chi connectivity index (χ0) is 3.54. The Labute approximate surface area is 80.5 Å². The number of rotatable bonds is 0. The first-order valence-electron chi connectivity index (χ1n) is 1.91. The van der Waals surface area contributed by atoms with Crippen LogP contribution in [0.4, 0.5) is 0 Å². The van der Waals surface area contributed by atoms with Gasteiger partial charge in [0.2, 0.25) is 0 Å². The van der Waals surface area contributed by atoms with Crippen molar-refractivity contribution in [2.75, 3.05) is 19.8 Å². The van der Waals surface area contributed by atoms with Gasteiger partial charge in [-0.25, -0.2) is 0 Å². The molecule has 6 heavy (non-hydrogen) atoms. The summed E-state index contributed by atoms with van der Waals surface area (Å²) in [5.74, 6) is 0. The van der Waals surface area contributed by atoms with Crippen molar-refractivity contribution in [2.45, 2.75) is 0 Å². The summed E-state index contributed by atoms with van der Waals surface area (Å²) in [5, 5.41) is 6.22. The van der Waals surface area contributed by atoms with E-state index in [9.17, 15) is 0 Å². The fraction of sp³-hybridized carbons (Fsp3) is 1.00. The van der Waals surface area contributed by atoms with E-state index in [1.165, 1.54) is 0 Å². The second-order valence-electron chi connectivity index (χ2n) is 1.18. The zero-order valence-electron chi connectivity index (χ0n) is 3.12. The molecule has 0 amide bonds. The van der Waals surface area contributed by atoms with Crippen molar-refractivity contribution in [3.63, 3.8) is 0 Å². The molecule has 1 aliphatic heterocycles. The first-order valence-corrected chi connectivity index (χ1v) is 1.91. The molecule has 0 aromatic rings. The van der Waals surface area contributed by atoms with Crippen molar-refractivity contribution < 1.29 is 0 Å². The van der Waals surface area contributed by atoms with Crippen molar-refractivity contribution in [3.8, 4) is 0 Å². The fourth-order valence-corrected chi connectivity index (χ4v) is 0.442. The number of hydrogen-bond donors (Lipinski definition) is 2. The Morgan fingerprint density at radius 1 is 1.00 bits per heavy atom. The van der Waals surface area contributed by atoms with E-state index in [-0.39, 0.29) is 51.4 Å². The third-order valence-corrected chi connectivity index (χ3v) is 0.729. The minimum absolute atomic E-state index is 0. The summed E-state index contributed by atoms with van der Waals surface area (Å²) in [5.41, 5.74) is 0. The van der Waals surface area contributed by atoms with Gasteiger partial charge in [-0.15, -0.1) is 0 Å². The molecule has 0 atom stereocenters. The molecule has 3 heteroatoms. The van der Waals surface area contributed by atoms with Crippen LogP contribution in [-0.4, -0.2) is 71.1 Å². The van der Waals surface area contributed by atoms with Crippen molar-refractivity contribution in [1.29, 1.82) is 0 Å². The Morgan fingerprint density at radius 3 is 1.67 bits per heavy atom. The van der Waals surface area contributed by atoms with Gasteiger partial charge in [0.25, 0.3) is 0 Å². The Kier molecular flexibility index (Phi) is 5.93. The first kappa shape index (κ1) is 7.56. The second kappa shape index (κ2) is 4.71. The molecule has 0 spiro atoms. The van der Waals surface area contributed by atoms with Crippen LogP contribution in [-0.2, 0) is 0 Å². The molecule has 0 aromatic heterocycles. The van der Waals surface area contributed by atoms with Gasteiger partial charge < -0.3 is 10.6 Å². The van der Waals surface area contributed by atoms with Crippen LogP contribution in [0.15, 0.2) is 0 Å². The molecule has 1 aliphatic rings. The van der Waals surface area contributed by atoms with E-state index in [1.807, 2.05) is 0 Å². The molecule has 0 unspecified atom stereocenters. The van der Waals surface area contributed by atoms with Crippen molar-refractivity contribution in [1.82, 2.24) is 10.6 Å². The molecule has 2 nitrogen and oxygen atoms in total. The molecular weight excluding hydrogens is 103 g/mol. The van der Waals surface area contributed by atoms with Crippen LogP contribution in [0.3, 0.4) is 0 Å². The van der Waals surface area contributed by atoms with Crippen molar-refractivity contribution in [3.05, 3.63) is 0 Å². The minimum atomic E-state index is 0. The summed E-state index contributed by atoms with van der Waals surface area (Å²) < 4.78 is 0. The predicted octanol–water partition coefficient (Wildman–Crippen LogP) is -1.51. The molecule has 2 N–H and O–H groups in total. The van der Waals surface area contributed by atoms with Gasteiger partial charge in [-0.1, -0.05) is 0 Å². The summed E-state index contributed by atoms with van der Waals surface area (Å²) in [4.78, 5) is 0. The van der Waals surface area contributed by atoms with Crippen LogP contribution in [0, 0.1) is 0 Å². The van der Waals surface area contributed by atoms with Crippen LogP contribution in [0.1, 0.15) is 0 Å². The third kappa shape index (κ3) is 2.68. The summed E-state index contributed by atoms with van der Waals surface area (Å²) in [7, 11) is 0. The molecule has 1 saturated heterocycles. The van der Waals surface area contributed by atoms with Gasteiger partial charge in [0.1, 0.15) is 0 Å². The Hall–Kier alpha value is 1.56. The van der Waals surface area contributed by atoms with Crippen molar-refractivity contribution in [2.24, 2.45) is 0 Å². The van der Waals surface area contributed by atoms with E-state index in [1.54, 1.807) is 0 Å². The van der Waals surface area contributed by atoms with E-state index >= 15 is 0 Å². The molecular formula is C3H9KN2. The van der Waals surface area contributed by atoms with E-state index in [4.69, 9.17) is 0 Å². The fourth-order valence-electron chi connectivity index (χ4n) is 0.442. The van der Waals surface area contributed by atoms with E-state index in [0.29, 0.717) is 0 Å². The van der Waals surface area contributed by atoms with Gasteiger partial charge in [0.15, 0.2) is 0 Å². The summed E-state index contributed by atoms with van der Waals surface area (Å²) in [6.07, 6.45) is 0. The quantitative estimate of drug-likeness (QED) is 0.372. The van der Waals surface area contributed by atoms with Crippen molar-refractivity contribution >= 4 is 51.4 Å². The molecule has 1 fully saturated rings. The maximum absolute atomic E-state index is 3.11. The second-order valence-corrected chi connectivity index (χ2v) is 1.18. The van der Waals surface area contributed by atoms with Gasteiger partial charge in [0, 0.05) is 19.8 Å². The van der Waals surface area contributed by atoms with Crippen LogP contribution < -0.4 is 10.6 Å². The average Bonchev–Trinajstić information content (AvgIpc) is 1.76. The molecule has 0 bridgehead atoms. The summed E-state index contributed by atoms with van der Waals surface area (Å²) in [6.45, 7) is 3.28. The number of hydrogen-bond acceptors (Lipinski definition) is 2. The van der Waals surface area contributed by atoms with Crippen LogP contribution in [0.2, 0.25) is 0 Å². The molecule has 32 valence electrons. The SMILES string of the molecule is C1CNCN1.[KH]. The van der Waals surface area contributed by atoms with E-state index in [2.05, 4.69) is 10.6 Å². The standard InChI is InChI=1S/C3H8N2.K.H/c1-2-5-3-4-1;;/h4-5H,1-3H2;;. The first-order chi connectivity index (χ1) is 2.50. The topological polar surface area (TPSA) is 24.1 Å². The zero-order valence-corrected chi connectivity index (χ0v) is 3.12. The number of nitrogens with one attached hydrogen (secondary N) is 2. The van der Waals surface area contributed by atoms with Crippen LogP contribution in [0.5, 0.6) is 0 Å². The van der Waals surface area contributed by atoms with E-state index < -0.39 is 0 Å². The Morgan fingerprint density at radius 2 is 1.50 bits per heavy atom. The monoisotopic (exact) mass is 112 g/mol. The Balaban J connectivity index is 0.000000250. The molecule has 0 radical (unpaired) electrons. The molecule has 1 heterocycles. The molecule has 0 aromatic carbocycles. The van der Waals surface area contributed by atoms with Gasteiger partial charge in [-0.05, 0) is 0 Å². The van der Waals surface area contributed by atoms with Gasteiger partial charge in [0.05, 0.1) is 0 Å². The van der Waals surface area contributed by atoms with Crippen LogP contribution in [0.25, 0.3) is 0 Å². The maximum atomic E-state index is 3.11. The van der Waals surface area contributed by atoms with E-state index in [0.717, 1.165) is 19.8 Å². The van der Waals surface area contributed by atoms with Crippen LogP contribution >= 0.6 is 0 Å². The molecule has 1 rings (SSSR count). The normalized spacial score (nSPS) is 20.0. The summed E-state index contributed by atoms with van der Waals surface area (Å²) >= 11 is 0. The molecule has 0 saturated carbocycles. The average molecular weight is 112 g/mol.